The van der Waals surface area contributed by atoms with Crippen molar-refractivity contribution in [1.82, 2.24) is 14.8 Å². The Morgan fingerprint density at radius 1 is 1.45 bits per heavy atom. The van der Waals surface area contributed by atoms with Crippen LogP contribution in [0.5, 0.6) is 0 Å². The Kier molecular flexibility index (Phi) is 3.31. The molecule has 0 atom stereocenters. The highest BCUT2D eigenvalue weighted by Crippen LogP contribution is 2.37. The minimum Gasteiger partial charge on any atom is -0.302 e. The van der Waals surface area contributed by atoms with Crippen LogP contribution in [0.4, 0.5) is 5.13 Å². The van der Waals surface area contributed by atoms with Crippen molar-refractivity contribution in [2.75, 3.05) is 5.32 Å². The van der Waals surface area contributed by atoms with Crippen molar-refractivity contribution in [2.45, 2.75) is 19.3 Å². The molecule has 5 nitrogen and oxygen atoms in total. The Morgan fingerprint density at radius 2 is 2.36 bits per heavy atom. The summed E-state index contributed by atoms with van der Waals surface area (Å²) in [6.45, 7) is 0. The molecule has 0 unspecified atom stereocenters. The van der Waals surface area contributed by atoms with E-state index >= 15 is 0 Å². The van der Waals surface area contributed by atoms with Crippen molar-refractivity contribution >= 4 is 33.7 Å². The van der Waals surface area contributed by atoms with E-state index in [4.69, 9.17) is 0 Å². The molecule has 3 aromatic heterocycles. The zero-order valence-corrected chi connectivity index (χ0v) is 13.6. The number of anilines is 1. The lowest BCUT2D eigenvalue weighted by Gasteiger charge is -2.10. The van der Waals surface area contributed by atoms with Crippen LogP contribution in [-0.4, -0.2) is 20.7 Å². The SMILES string of the molecule is Cn1ncc2c1CCc1sc(NC(=O)Cc3ccsc3)nc1-2. The van der Waals surface area contributed by atoms with E-state index in [1.165, 1.54) is 10.6 Å². The molecule has 0 saturated carbocycles. The minimum absolute atomic E-state index is 0.0177. The summed E-state index contributed by atoms with van der Waals surface area (Å²) >= 11 is 3.17. The highest BCUT2D eigenvalue weighted by atomic mass is 32.1. The normalized spacial score (nSPS) is 12.8. The molecule has 0 bridgehead atoms. The fourth-order valence-electron chi connectivity index (χ4n) is 2.72. The zero-order valence-electron chi connectivity index (χ0n) is 12.0. The van der Waals surface area contributed by atoms with Gasteiger partial charge in [-0.25, -0.2) is 4.98 Å². The van der Waals surface area contributed by atoms with Gasteiger partial charge in [-0.1, -0.05) is 0 Å². The quantitative estimate of drug-likeness (QED) is 0.803. The van der Waals surface area contributed by atoms with E-state index in [-0.39, 0.29) is 5.91 Å². The van der Waals surface area contributed by atoms with Gasteiger partial charge < -0.3 is 5.32 Å². The third kappa shape index (κ3) is 2.36. The topological polar surface area (TPSA) is 59.8 Å². The van der Waals surface area contributed by atoms with Crippen molar-refractivity contribution in [1.29, 1.82) is 0 Å². The predicted molar refractivity (Wildman–Crippen MR) is 88.4 cm³/mol. The molecule has 22 heavy (non-hydrogen) atoms. The number of hydrogen-bond acceptors (Lipinski definition) is 5. The van der Waals surface area contributed by atoms with E-state index in [2.05, 4.69) is 15.4 Å². The second kappa shape index (κ2) is 5.33. The number of amides is 1. The van der Waals surface area contributed by atoms with E-state index in [1.54, 1.807) is 22.7 Å². The van der Waals surface area contributed by atoms with E-state index in [0.29, 0.717) is 11.6 Å². The van der Waals surface area contributed by atoms with Crippen molar-refractivity contribution < 1.29 is 4.79 Å². The van der Waals surface area contributed by atoms with Crippen LogP contribution < -0.4 is 5.32 Å². The average molecular weight is 330 g/mol. The lowest BCUT2D eigenvalue weighted by molar-refractivity contribution is -0.115. The number of hydrogen-bond donors (Lipinski definition) is 1. The summed E-state index contributed by atoms with van der Waals surface area (Å²) in [6, 6.07) is 1.97. The number of carbonyl (C=O) groups is 1. The van der Waals surface area contributed by atoms with Gasteiger partial charge in [-0.3, -0.25) is 9.48 Å². The van der Waals surface area contributed by atoms with Crippen molar-refractivity contribution in [3.8, 4) is 11.3 Å². The van der Waals surface area contributed by atoms with Gasteiger partial charge in [0, 0.05) is 23.2 Å². The fraction of sp³-hybridized carbons (Fsp3) is 0.267. The number of aryl methyl sites for hydroxylation is 2. The first kappa shape index (κ1) is 13.7. The van der Waals surface area contributed by atoms with E-state index in [0.717, 1.165) is 29.7 Å². The standard InChI is InChI=1S/C15H14N4OS2/c1-19-11-2-3-12-14(10(11)7-16-19)18-15(22-12)17-13(20)6-9-4-5-21-8-9/h4-5,7-8H,2-3,6H2,1H3,(H,17,18,20). The van der Waals surface area contributed by atoms with E-state index in [9.17, 15) is 4.79 Å². The number of nitrogens with zero attached hydrogens (tertiary/aromatic N) is 3. The number of aromatic nitrogens is 3. The maximum absolute atomic E-state index is 12.1. The molecule has 0 saturated heterocycles. The van der Waals surface area contributed by atoms with Crippen LogP contribution in [-0.2, 0) is 31.1 Å². The summed E-state index contributed by atoms with van der Waals surface area (Å²) in [5.41, 5.74) is 4.33. The Morgan fingerprint density at radius 3 is 3.18 bits per heavy atom. The van der Waals surface area contributed by atoms with Gasteiger partial charge in [0.1, 0.15) is 0 Å². The molecule has 112 valence electrons. The molecule has 0 spiro atoms. The molecule has 1 N–H and O–H groups in total. The number of nitrogens with one attached hydrogen (secondary N) is 1. The molecule has 1 amide bonds. The van der Waals surface area contributed by atoms with E-state index in [1.807, 2.05) is 34.8 Å². The monoisotopic (exact) mass is 330 g/mol. The molecule has 1 aliphatic rings. The van der Waals surface area contributed by atoms with Gasteiger partial charge in [0.25, 0.3) is 0 Å². The first-order chi connectivity index (χ1) is 10.7. The van der Waals surface area contributed by atoms with Crippen LogP contribution in [0.15, 0.2) is 23.0 Å². The molecular formula is C15H14N4OS2. The maximum Gasteiger partial charge on any atom is 0.230 e. The van der Waals surface area contributed by atoms with Gasteiger partial charge in [-0.05, 0) is 35.2 Å². The van der Waals surface area contributed by atoms with Crippen molar-refractivity contribution in [3.63, 3.8) is 0 Å². The lowest BCUT2D eigenvalue weighted by atomic mass is 10.0. The summed E-state index contributed by atoms with van der Waals surface area (Å²) in [4.78, 5) is 17.9. The Bertz CT molecular complexity index is 832. The molecule has 1 aliphatic carbocycles. The van der Waals surface area contributed by atoms with E-state index < -0.39 is 0 Å². The van der Waals surface area contributed by atoms with Gasteiger partial charge in [-0.2, -0.15) is 16.4 Å². The molecular weight excluding hydrogens is 316 g/mol. The van der Waals surface area contributed by atoms with Crippen LogP contribution in [0.1, 0.15) is 16.1 Å². The molecule has 0 fully saturated rings. The number of carbonyl (C=O) groups excluding carboxylic acids is 1. The second-order valence-electron chi connectivity index (χ2n) is 5.28. The largest absolute Gasteiger partial charge is 0.302 e. The van der Waals surface area contributed by atoms with Crippen LogP contribution in [0.3, 0.4) is 0 Å². The summed E-state index contributed by atoms with van der Waals surface area (Å²) in [5, 5.41) is 11.9. The maximum atomic E-state index is 12.1. The molecule has 0 aliphatic heterocycles. The molecule has 3 heterocycles. The highest BCUT2D eigenvalue weighted by molar-refractivity contribution is 7.16. The second-order valence-corrected chi connectivity index (χ2v) is 7.14. The number of thiazole rings is 1. The first-order valence-corrected chi connectivity index (χ1v) is 8.78. The Balaban J connectivity index is 1.56. The Hall–Kier alpha value is -1.99. The molecule has 3 aromatic rings. The average Bonchev–Trinajstić information content (AvgIpc) is 3.18. The van der Waals surface area contributed by atoms with Crippen molar-refractivity contribution in [2.24, 2.45) is 7.05 Å². The molecule has 4 rings (SSSR count). The number of fused-ring (bicyclic) bond motifs is 3. The van der Waals surface area contributed by atoms with Crippen LogP contribution in [0, 0.1) is 0 Å². The summed E-state index contributed by atoms with van der Waals surface area (Å²) < 4.78 is 1.91. The summed E-state index contributed by atoms with van der Waals surface area (Å²) in [7, 11) is 1.96. The lowest BCUT2D eigenvalue weighted by Crippen LogP contribution is -2.13. The predicted octanol–water partition coefficient (Wildman–Crippen LogP) is 2.88. The van der Waals surface area contributed by atoms with Gasteiger partial charge in [0.15, 0.2) is 5.13 Å². The van der Waals surface area contributed by atoms with Gasteiger partial charge in [0.2, 0.25) is 5.91 Å². The molecule has 7 heteroatoms. The minimum atomic E-state index is -0.0177. The van der Waals surface area contributed by atoms with Gasteiger partial charge >= 0.3 is 0 Å². The van der Waals surface area contributed by atoms with Crippen LogP contribution >= 0.6 is 22.7 Å². The van der Waals surface area contributed by atoms with Gasteiger partial charge in [-0.15, -0.1) is 11.3 Å². The number of thiophene rings is 1. The van der Waals surface area contributed by atoms with Crippen LogP contribution in [0.25, 0.3) is 11.3 Å². The third-order valence-corrected chi connectivity index (χ3v) is 5.56. The summed E-state index contributed by atoms with van der Waals surface area (Å²) in [6.07, 6.45) is 4.19. The highest BCUT2D eigenvalue weighted by Gasteiger charge is 2.24. The number of rotatable bonds is 3. The zero-order chi connectivity index (χ0) is 15.1. The molecule has 0 radical (unpaired) electrons. The molecule has 0 aromatic carbocycles. The smallest absolute Gasteiger partial charge is 0.230 e. The fourth-order valence-corrected chi connectivity index (χ4v) is 4.38. The van der Waals surface area contributed by atoms with Gasteiger partial charge in [0.05, 0.1) is 18.3 Å². The third-order valence-electron chi connectivity index (χ3n) is 3.79. The summed E-state index contributed by atoms with van der Waals surface area (Å²) in [5.74, 6) is -0.0177. The Labute approximate surface area is 135 Å². The first-order valence-electron chi connectivity index (χ1n) is 7.02. The van der Waals surface area contributed by atoms with Crippen LogP contribution in [0.2, 0.25) is 0 Å². The van der Waals surface area contributed by atoms with Crippen molar-refractivity contribution in [3.05, 3.63) is 39.2 Å².